The number of likely N-dealkylation sites (tertiary alicyclic amines) is 1. The lowest BCUT2D eigenvalue weighted by atomic mass is 9.76. The lowest BCUT2D eigenvalue weighted by Crippen LogP contribution is -2.99. The third-order valence-electron chi connectivity index (χ3n) is 6.62. The second kappa shape index (κ2) is 6.81. The molecule has 4 amide bonds. The van der Waals surface area contributed by atoms with E-state index in [1.807, 2.05) is 13.8 Å². The average Bonchev–Trinajstić information content (AvgIpc) is 3.25. The predicted molar refractivity (Wildman–Crippen MR) is 104 cm³/mol. The van der Waals surface area contributed by atoms with Crippen LogP contribution in [-0.4, -0.2) is 40.6 Å². The lowest BCUT2D eigenvalue weighted by Gasteiger charge is -2.28. The second-order valence-corrected chi connectivity index (χ2v) is 8.59. The maximum Gasteiger partial charge on any atom is 0.291 e. The van der Waals surface area contributed by atoms with Crippen LogP contribution in [0.5, 0.6) is 0 Å². The van der Waals surface area contributed by atoms with Crippen molar-refractivity contribution in [2.45, 2.75) is 50.7 Å². The van der Waals surface area contributed by atoms with Crippen molar-refractivity contribution in [3.8, 4) is 0 Å². The fourth-order valence-corrected chi connectivity index (χ4v) is 5.32. The van der Waals surface area contributed by atoms with Crippen LogP contribution in [0.4, 0.5) is 5.69 Å². The van der Waals surface area contributed by atoms with Gasteiger partial charge in [0.1, 0.15) is 17.9 Å². The molecule has 0 radical (unpaired) electrons. The molecule has 3 aliphatic heterocycles. The standard InChI is InChI=1S/C20H23ClN4O4/c1-3-9(2)25-17(27)15-13(6-7-14(22)26)24-20(16(15)18(25)28)11-8-10(21)4-5-12(11)23-19(20)29/h4-5,8-9,13,15-16,24H,3,6-7H2,1-2H3,(H2,22,26)(H,23,29)/p+1/t9-,13+,15+,16-,20+/m0/s1. The van der Waals surface area contributed by atoms with Gasteiger partial charge in [-0.3, -0.25) is 24.1 Å². The molecule has 8 nitrogen and oxygen atoms in total. The first kappa shape index (κ1) is 19.8. The number of nitrogens with one attached hydrogen (secondary N) is 1. The van der Waals surface area contributed by atoms with Crippen molar-refractivity contribution in [3.05, 3.63) is 28.8 Å². The minimum absolute atomic E-state index is 0.0787. The van der Waals surface area contributed by atoms with E-state index in [-0.39, 0.29) is 30.2 Å². The van der Waals surface area contributed by atoms with Crippen LogP contribution >= 0.6 is 11.6 Å². The van der Waals surface area contributed by atoms with E-state index in [9.17, 15) is 19.2 Å². The molecule has 1 spiro atoms. The number of imide groups is 1. The van der Waals surface area contributed by atoms with Crippen LogP contribution in [0.1, 0.15) is 38.7 Å². The summed E-state index contributed by atoms with van der Waals surface area (Å²) in [5.74, 6) is -2.97. The van der Waals surface area contributed by atoms with Crippen molar-refractivity contribution in [3.63, 3.8) is 0 Å². The fourth-order valence-electron chi connectivity index (χ4n) is 5.15. The Labute approximate surface area is 173 Å². The fraction of sp³-hybridized carbons (Fsp3) is 0.500. The summed E-state index contributed by atoms with van der Waals surface area (Å²) in [6, 6.07) is 4.38. The van der Waals surface area contributed by atoms with E-state index < -0.39 is 29.3 Å². The Morgan fingerprint density at radius 1 is 1.34 bits per heavy atom. The molecule has 9 heteroatoms. The number of halogens is 1. The molecule has 0 aliphatic carbocycles. The summed E-state index contributed by atoms with van der Waals surface area (Å²) in [6.07, 6.45) is 1.01. The Hall–Kier alpha value is -2.45. The van der Waals surface area contributed by atoms with E-state index in [2.05, 4.69) is 5.32 Å². The van der Waals surface area contributed by atoms with E-state index in [4.69, 9.17) is 17.3 Å². The Morgan fingerprint density at radius 2 is 2.07 bits per heavy atom. The quantitative estimate of drug-likeness (QED) is 0.585. The van der Waals surface area contributed by atoms with Crippen molar-refractivity contribution in [1.82, 2.24) is 4.90 Å². The van der Waals surface area contributed by atoms with Crippen LogP contribution in [0.25, 0.3) is 0 Å². The molecule has 154 valence electrons. The molecule has 1 aromatic rings. The van der Waals surface area contributed by atoms with Gasteiger partial charge in [0, 0.05) is 29.5 Å². The van der Waals surface area contributed by atoms with Crippen molar-refractivity contribution in [2.75, 3.05) is 5.32 Å². The first-order chi connectivity index (χ1) is 13.7. The lowest BCUT2D eigenvalue weighted by molar-refractivity contribution is -0.734. The molecule has 5 atom stereocenters. The summed E-state index contributed by atoms with van der Waals surface area (Å²) in [5, 5.41) is 5.08. The highest BCUT2D eigenvalue weighted by Gasteiger charge is 2.74. The highest BCUT2D eigenvalue weighted by atomic mass is 35.5. The van der Waals surface area contributed by atoms with E-state index in [0.717, 1.165) is 0 Å². The summed E-state index contributed by atoms with van der Waals surface area (Å²) >= 11 is 6.20. The number of nitrogens with two attached hydrogens (primary N) is 2. The number of nitrogens with zero attached hydrogens (tertiary/aromatic N) is 1. The minimum atomic E-state index is -1.28. The Balaban J connectivity index is 1.85. The van der Waals surface area contributed by atoms with Gasteiger partial charge in [0.2, 0.25) is 23.3 Å². The highest BCUT2D eigenvalue weighted by Crippen LogP contribution is 2.50. The van der Waals surface area contributed by atoms with Gasteiger partial charge in [0.25, 0.3) is 5.91 Å². The molecular formula is C20H24ClN4O4+. The summed E-state index contributed by atoms with van der Waals surface area (Å²) < 4.78 is 0. The van der Waals surface area contributed by atoms with Gasteiger partial charge >= 0.3 is 0 Å². The van der Waals surface area contributed by atoms with Crippen molar-refractivity contribution in [1.29, 1.82) is 0 Å². The molecule has 2 saturated heterocycles. The number of hydrogen-bond acceptors (Lipinski definition) is 4. The van der Waals surface area contributed by atoms with Crippen molar-refractivity contribution >= 4 is 40.9 Å². The third kappa shape index (κ3) is 2.69. The van der Waals surface area contributed by atoms with Gasteiger partial charge in [-0.05, 0) is 31.5 Å². The Kier molecular flexibility index (Phi) is 4.66. The van der Waals surface area contributed by atoms with Crippen LogP contribution in [0.15, 0.2) is 18.2 Å². The van der Waals surface area contributed by atoms with Crippen LogP contribution in [-0.2, 0) is 24.7 Å². The molecule has 0 aromatic heterocycles. The average molecular weight is 420 g/mol. The van der Waals surface area contributed by atoms with E-state index in [1.54, 1.807) is 23.5 Å². The Bertz CT molecular complexity index is 935. The van der Waals surface area contributed by atoms with Crippen molar-refractivity contribution in [2.24, 2.45) is 17.6 Å². The van der Waals surface area contributed by atoms with Gasteiger partial charge in [-0.1, -0.05) is 18.5 Å². The van der Waals surface area contributed by atoms with E-state index >= 15 is 0 Å². The molecule has 0 saturated carbocycles. The first-order valence-electron chi connectivity index (χ1n) is 9.85. The van der Waals surface area contributed by atoms with Crippen molar-refractivity contribution < 1.29 is 24.5 Å². The van der Waals surface area contributed by atoms with Crippen LogP contribution in [0, 0.1) is 11.8 Å². The number of carbonyl (C=O) groups is 4. The summed E-state index contributed by atoms with van der Waals surface area (Å²) in [5.41, 5.74) is 5.25. The molecule has 2 fully saturated rings. The summed E-state index contributed by atoms with van der Waals surface area (Å²) in [7, 11) is 0. The number of quaternary nitrogens is 1. The van der Waals surface area contributed by atoms with Gasteiger partial charge in [0.15, 0.2) is 0 Å². The van der Waals surface area contributed by atoms with Gasteiger partial charge in [-0.2, -0.15) is 0 Å². The zero-order chi connectivity index (χ0) is 21.1. The number of hydrogen-bond donors (Lipinski definition) is 3. The van der Waals surface area contributed by atoms with Gasteiger partial charge in [-0.15, -0.1) is 0 Å². The number of primary amides is 1. The minimum Gasteiger partial charge on any atom is -0.370 e. The zero-order valence-corrected chi connectivity index (χ0v) is 17.0. The number of anilines is 1. The topological polar surface area (TPSA) is 126 Å². The largest absolute Gasteiger partial charge is 0.370 e. The van der Waals surface area contributed by atoms with E-state index in [1.165, 1.54) is 4.90 Å². The molecule has 5 N–H and O–H groups in total. The number of amides is 4. The maximum atomic E-state index is 13.5. The molecule has 29 heavy (non-hydrogen) atoms. The summed E-state index contributed by atoms with van der Waals surface area (Å²) in [6.45, 7) is 3.73. The molecule has 3 aliphatic rings. The van der Waals surface area contributed by atoms with Crippen LogP contribution < -0.4 is 16.4 Å². The number of carbonyl (C=O) groups excluding carboxylic acids is 4. The smallest absolute Gasteiger partial charge is 0.291 e. The van der Waals surface area contributed by atoms with Crippen LogP contribution in [0.3, 0.4) is 0 Å². The number of benzene rings is 1. The Morgan fingerprint density at radius 3 is 2.72 bits per heavy atom. The number of fused-ring (bicyclic) bond motifs is 4. The van der Waals surface area contributed by atoms with Gasteiger partial charge < -0.3 is 16.4 Å². The van der Waals surface area contributed by atoms with E-state index in [0.29, 0.717) is 29.1 Å². The molecule has 0 bridgehead atoms. The molecule has 1 aromatic carbocycles. The third-order valence-corrected chi connectivity index (χ3v) is 6.86. The molecule has 3 heterocycles. The van der Waals surface area contributed by atoms with Gasteiger partial charge in [0.05, 0.1) is 5.69 Å². The normalized spacial score (nSPS) is 31.2. The summed E-state index contributed by atoms with van der Waals surface area (Å²) in [4.78, 5) is 52.7. The number of rotatable bonds is 5. The zero-order valence-electron chi connectivity index (χ0n) is 16.3. The SMILES string of the molecule is CC[C@H](C)N1C(=O)[C@H]2[C@@H](C1=O)[C@@]1([NH2+][C@@H]2CCC(N)=O)C(=O)Nc2ccc(Cl)cc21. The molecular weight excluding hydrogens is 396 g/mol. The van der Waals surface area contributed by atoms with Crippen LogP contribution in [0.2, 0.25) is 5.02 Å². The maximum absolute atomic E-state index is 13.5. The molecule has 0 unspecified atom stereocenters. The highest BCUT2D eigenvalue weighted by molar-refractivity contribution is 6.31. The second-order valence-electron chi connectivity index (χ2n) is 8.16. The molecule has 4 rings (SSSR count). The first-order valence-corrected chi connectivity index (χ1v) is 10.2. The van der Waals surface area contributed by atoms with Gasteiger partial charge in [-0.25, -0.2) is 0 Å². The predicted octanol–water partition coefficient (Wildman–Crippen LogP) is 0.0982. The monoisotopic (exact) mass is 419 g/mol.